The molecule has 0 spiro atoms. The van der Waals surface area contributed by atoms with E-state index < -0.39 is 22.0 Å². The highest BCUT2D eigenvalue weighted by molar-refractivity contribution is 7.89. The van der Waals surface area contributed by atoms with Crippen LogP contribution in [0.2, 0.25) is 0 Å². The van der Waals surface area contributed by atoms with Crippen molar-refractivity contribution in [2.45, 2.75) is 18.2 Å². The van der Waals surface area contributed by atoms with Crippen molar-refractivity contribution in [1.82, 2.24) is 9.71 Å². The summed E-state index contributed by atoms with van der Waals surface area (Å²) in [5.41, 5.74) is 0.370. The summed E-state index contributed by atoms with van der Waals surface area (Å²) in [6, 6.07) is 1.14. The number of aromatic nitrogens is 1. The number of nitrogens with one attached hydrogen (secondary N) is 1. The summed E-state index contributed by atoms with van der Waals surface area (Å²) >= 11 is 0. The average Bonchev–Trinajstić information content (AvgIpc) is 2.37. The molecule has 9 heteroatoms. The van der Waals surface area contributed by atoms with Crippen LogP contribution in [0.4, 0.5) is 0 Å². The smallest absolute Gasteiger partial charge is 0.339 e. The van der Waals surface area contributed by atoms with E-state index >= 15 is 0 Å². The Bertz CT molecular complexity index is 626. The minimum absolute atomic E-state index is 0.0357. The fraction of sp³-hybridized carbons (Fsp3) is 0.364. The largest absolute Gasteiger partial charge is 0.481 e. The van der Waals surface area contributed by atoms with Crippen LogP contribution in [0, 0.1) is 6.92 Å². The number of sulfonamides is 1. The van der Waals surface area contributed by atoms with Crippen molar-refractivity contribution in [2.24, 2.45) is 0 Å². The van der Waals surface area contributed by atoms with E-state index in [0.29, 0.717) is 5.69 Å². The van der Waals surface area contributed by atoms with E-state index in [2.05, 4.69) is 14.4 Å². The molecule has 0 amide bonds. The molecule has 0 atom stereocenters. The van der Waals surface area contributed by atoms with Gasteiger partial charge in [-0.3, -0.25) is 9.78 Å². The molecule has 0 fully saturated rings. The number of aliphatic carboxylic acids is 1. The van der Waals surface area contributed by atoms with Gasteiger partial charge >= 0.3 is 11.9 Å². The fourth-order valence-electron chi connectivity index (χ4n) is 1.35. The van der Waals surface area contributed by atoms with Gasteiger partial charge in [0.2, 0.25) is 10.0 Å². The molecule has 0 unspecified atom stereocenters. The van der Waals surface area contributed by atoms with Gasteiger partial charge in [-0.2, -0.15) is 0 Å². The number of esters is 1. The Hall–Kier alpha value is -2.00. The number of carbonyl (C=O) groups is 2. The molecule has 0 saturated heterocycles. The normalized spacial score (nSPS) is 11.1. The summed E-state index contributed by atoms with van der Waals surface area (Å²) in [7, 11) is -2.75. The standard InChI is InChI=1S/C11H14N2O6S/c1-7-9(11(16)19-2)5-8(6-12-7)20(17,18)13-4-3-10(14)15/h5-6,13H,3-4H2,1-2H3,(H,14,15). The number of aryl methyl sites for hydroxylation is 1. The lowest BCUT2D eigenvalue weighted by Gasteiger charge is -2.08. The van der Waals surface area contributed by atoms with E-state index in [4.69, 9.17) is 5.11 Å². The zero-order valence-corrected chi connectivity index (χ0v) is 11.7. The zero-order chi connectivity index (χ0) is 15.3. The van der Waals surface area contributed by atoms with Crippen molar-refractivity contribution >= 4 is 22.0 Å². The zero-order valence-electron chi connectivity index (χ0n) is 10.9. The molecule has 8 nitrogen and oxygen atoms in total. The van der Waals surface area contributed by atoms with Gasteiger partial charge in [0.05, 0.1) is 24.8 Å². The highest BCUT2D eigenvalue weighted by Gasteiger charge is 2.19. The van der Waals surface area contributed by atoms with Gasteiger partial charge in [-0.15, -0.1) is 0 Å². The second kappa shape index (κ2) is 6.44. The maximum atomic E-state index is 11.9. The summed E-state index contributed by atoms with van der Waals surface area (Å²) in [4.78, 5) is 25.4. The predicted octanol–water partition coefficient (Wildman–Crippen LogP) is -0.0704. The second-order valence-electron chi connectivity index (χ2n) is 3.84. The number of ether oxygens (including phenoxy) is 1. The van der Waals surface area contributed by atoms with E-state index in [1.54, 1.807) is 6.92 Å². The van der Waals surface area contributed by atoms with Crippen molar-refractivity contribution in [1.29, 1.82) is 0 Å². The second-order valence-corrected chi connectivity index (χ2v) is 5.60. The van der Waals surface area contributed by atoms with Gasteiger partial charge in [-0.25, -0.2) is 17.9 Å². The Balaban J connectivity index is 3.01. The third-order valence-electron chi connectivity index (χ3n) is 2.41. The van der Waals surface area contributed by atoms with Crippen LogP contribution in [-0.2, 0) is 19.6 Å². The van der Waals surface area contributed by atoms with Crippen molar-refractivity contribution in [3.63, 3.8) is 0 Å². The third-order valence-corrected chi connectivity index (χ3v) is 3.84. The third kappa shape index (κ3) is 4.00. The highest BCUT2D eigenvalue weighted by atomic mass is 32.2. The van der Waals surface area contributed by atoms with Crippen LogP contribution in [0.5, 0.6) is 0 Å². The van der Waals surface area contributed by atoms with E-state index in [-0.39, 0.29) is 23.4 Å². The maximum absolute atomic E-state index is 11.9. The molecule has 0 aromatic carbocycles. The topological polar surface area (TPSA) is 123 Å². The van der Waals surface area contributed by atoms with E-state index in [9.17, 15) is 18.0 Å². The molecule has 1 aromatic rings. The molecule has 110 valence electrons. The quantitative estimate of drug-likeness (QED) is 0.705. The first-order chi connectivity index (χ1) is 9.27. The van der Waals surface area contributed by atoms with Gasteiger partial charge in [-0.05, 0) is 13.0 Å². The molecule has 1 aromatic heterocycles. The Morgan fingerprint density at radius 3 is 2.65 bits per heavy atom. The lowest BCUT2D eigenvalue weighted by Crippen LogP contribution is -2.26. The van der Waals surface area contributed by atoms with Gasteiger partial charge in [0.25, 0.3) is 0 Å². The molecule has 0 aliphatic heterocycles. The molecule has 0 saturated carbocycles. The molecule has 0 bridgehead atoms. The van der Waals surface area contributed by atoms with Crippen LogP contribution in [-0.4, -0.2) is 44.1 Å². The number of carboxylic acid groups (broad SMARTS) is 1. The molecule has 0 aliphatic carbocycles. The van der Waals surface area contributed by atoms with Crippen LogP contribution in [0.1, 0.15) is 22.5 Å². The number of carbonyl (C=O) groups excluding carboxylic acids is 1. The first kappa shape index (κ1) is 16.1. The van der Waals surface area contributed by atoms with Gasteiger partial charge in [0, 0.05) is 12.7 Å². The minimum Gasteiger partial charge on any atom is -0.481 e. The minimum atomic E-state index is -3.92. The number of methoxy groups -OCH3 is 1. The molecule has 0 radical (unpaired) electrons. The van der Waals surface area contributed by atoms with Crippen LogP contribution in [0.15, 0.2) is 17.2 Å². The van der Waals surface area contributed by atoms with Gasteiger partial charge in [-0.1, -0.05) is 0 Å². The molecular formula is C11H14N2O6S. The summed E-state index contributed by atoms with van der Waals surface area (Å²) in [6.45, 7) is 1.29. The lowest BCUT2D eigenvalue weighted by atomic mass is 10.2. The van der Waals surface area contributed by atoms with Crippen molar-refractivity contribution in [3.05, 3.63) is 23.5 Å². The summed E-state index contributed by atoms with van der Waals surface area (Å²) < 4.78 is 30.4. The molecule has 1 heterocycles. The Kier molecular flexibility index (Phi) is 5.17. The van der Waals surface area contributed by atoms with E-state index in [1.165, 1.54) is 7.11 Å². The molecule has 2 N–H and O–H groups in total. The van der Waals surface area contributed by atoms with Crippen LogP contribution in [0.25, 0.3) is 0 Å². The Morgan fingerprint density at radius 1 is 1.45 bits per heavy atom. The number of hydrogen-bond donors (Lipinski definition) is 2. The highest BCUT2D eigenvalue weighted by Crippen LogP contribution is 2.14. The van der Waals surface area contributed by atoms with Crippen molar-refractivity contribution in [2.75, 3.05) is 13.7 Å². The average molecular weight is 302 g/mol. The molecule has 20 heavy (non-hydrogen) atoms. The maximum Gasteiger partial charge on any atom is 0.339 e. The number of hydrogen-bond acceptors (Lipinski definition) is 6. The van der Waals surface area contributed by atoms with E-state index in [1.807, 2.05) is 0 Å². The first-order valence-electron chi connectivity index (χ1n) is 5.54. The molecule has 1 rings (SSSR count). The van der Waals surface area contributed by atoms with Crippen LogP contribution >= 0.6 is 0 Å². The van der Waals surface area contributed by atoms with Gasteiger partial charge < -0.3 is 9.84 Å². The lowest BCUT2D eigenvalue weighted by molar-refractivity contribution is -0.136. The van der Waals surface area contributed by atoms with E-state index in [0.717, 1.165) is 12.3 Å². The number of pyridine rings is 1. The number of nitrogens with zero attached hydrogens (tertiary/aromatic N) is 1. The van der Waals surface area contributed by atoms with Gasteiger partial charge in [0.15, 0.2) is 0 Å². The van der Waals surface area contributed by atoms with Crippen molar-refractivity contribution < 1.29 is 27.9 Å². The van der Waals surface area contributed by atoms with Gasteiger partial charge in [0.1, 0.15) is 4.90 Å². The summed E-state index contributed by atoms with van der Waals surface area (Å²) in [5.74, 6) is -1.82. The summed E-state index contributed by atoms with van der Waals surface area (Å²) in [6.07, 6.45) is 0.743. The Morgan fingerprint density at radius 2 is 2.10 bits per heavy atom. The first-order valence-corrected chi connectivity index (χ1v) is 7.02. The Labute approximate surface area is 115 Å². The predicted molar refractivity (Wildman–Crippen MR) is 67.8 cm³/mol. The summed E-state index contributed by atoms with van der Waals surface area (Å²) in [5, 5.41) is 8.46. The van der Waals surface area contributed by atoms with Crippen molar-refractivity contribution in [3.8, 4) is 0 Å². The monoisotopic (exact) mass is 302 g/mol. The SMILES string of the molecule is COC(=O)c1cc(S(=O)(=O)NCCC(=O)O)cnc1C. The number of carboxylic acids is 1. The number of rotatable bonds is 6. The molecule has 0 aliphatic rings. The van der Waals surface area contributed by atoms with Crippen LogP contribution < -0.4 is 4.72 Å². The van der Waals surface area contributed by atoms with Crippen LogP contribution in [0.3, 0.4) is 0 Å². The molecular weight excluding hydrogens is 288 g/mol. The fourth-order valence-corrected chi connectivity index (χ4v) is 2.36.